The molecule has 8 bridgehead atoms. The minimum Gasteiger partial charge on any atom is -0.497 e. The van der Waals surface area contributed by atoms with Crippen molar-refractivity contribution in [1.29, 1.82) is 0 Å². The molecule has 0 amide bonds. The van der Waals surface area contributed by atoms with E-state index in [-0.39, 0.29) is 0 Å². The first-order chi connectivity index (χ1) is 28.5. The van der Waals surface area contributed by atoms with Crippen molar-refractivity contribution in [3.8, 4) is 67.5 Å². The highest BCUT2D eigenvalue weighted by atomic mass is 16.5. The Labute approximate surface area is 338 Å². The molecule has 0 spiro atoms. The number of fused-ring (bicyclic) bond motifs is 8. The molecule has 58 heavy (non-hydrogen) atoms. The molecule has 2 N–H and O–H groups in total. The molecule has 3 aromatic heterocycles. The van der Waals surface area contributed by atoms with Crippen molar-refractivity contribution in [2.45, 2.75) is 13.8 Å². The zero-order valence-corrected chi connectivity index (χ0v) is 33.4. The number of benzene rings is 4. The van der Waals surface area contributed by atoms with Crippen molar-refractivity contribution < 1.29 is 18.9 Å². The van der Waals surface area contributed by atoms with E-state index in [0.29, 0.717) is 0 Å². The van der Waals surface area contributed by atoms with Gasteiger partial charge in [-0.25, -0.2) is 4.98 Å². The van der Waals surface area contributed by atoms with Crippen LogP contribution in [0.5, 0.6) is 23.0 Å². The molecule has 0 atom stereocenters. The van der Waals surface area contributed by atoms with E-state index in [0.717, 1.165) is 112 Å². The van der Waals surface area contributed by atoms with Gasteiger partial charge in [0.25, 0.3) is 0 Å². The highest BCUT2D eigenvalue weighted by molar-refractivity contribution is 6.05. The fraction of sp³-hybridized carbons (Fsp3) is 0.120. The quantitative estimate of drug-likeness (QED) is 0.161. The van der Waals surface area contributed by atoms with E-state index in [9.17, 15) is 0 Å². The number of rotatable bonds is 8. The van der Waals surface area contributed by atoms with E-state index in [1.165, 1.54) is 0 Å². The van der Waals surface area contributed by atoms with Gasteiger partial charge in [-0.3, -0.25) is 4.99 Å². The van der Waals surface area contributed by atoms with Gasteiger partial charge in [0.15, 0.2) is 0 Å². The number of ether oxygens (including phenoxy) is 4. The minimum atomic E-state index is 0.753. The third kappa shape index (κ3) is 7.12. The van der Waals surface area contributed by atoms with Crippen molar-refractivity contribution in [3.05, 3.63) is 144 Å². The van der Waals surface area contributed by atoms with Gasteiger partial charge in [-0.05, 0) is 113 Å². The largest absolute Gasteiger partial charge is 0.497 e. The van der Waals surface area contributed by atoms with Crippen LogP contribution in [0, 0.1) is 0 Å². The average molecular weight is 765 g/mol. The van der Waals surface area contributed by atoms with E-state index in [1.54, 1.807) is 28.4 Å². The van der Waals surface area contributed by atoms with Gasteiger partial charge >= 0.3 is 0 Å². The monoisotopic (exact) mass is 764 g/mol. The summed E-state index contributed by atoms with van der Waals surface area (Å²) in [5, 5.41) is 0. The van der Waals surface area contributed by atoms with Crippen LogP contribution in [0.15, 0.2) is 132 Å². The van der Waals surface area contributed by atoms with Gasteiger partial charge < -0.3 is 28.9 Å². The lowest BCUT2D eigenvalue weighted by Crippen LogP contribution is -1.90. The van der Waals surface area contributed by atoms with Crippen LogP contribution in [0.25, 0.3) is 78.7 Å². The molecule has 0 saturated carbocycles. The summed E-state index contributed by atoms with van der Waals surface area (Å²) < 4.78 is 22.8. The van der Waals surface area contributed by atoms with Crippen molar-refractivity contribution in [2.75, 3.05) is 28.4 Å². The van der Waals surface area contributed by atoms with E-state index in [2.05, 4.69) is 82.8 Å². The number of aromatic nitrogens is 3. The lowest BCUT2D eigenvalue weighted by molar-refractivity contribution is 0.415. The molecule has 0 aliphatic carbocycles. The van der Waals surface area contributed by atoms with Gasteiger partial charge in [0.05, 0.1) is 45.5 Å². The molecule has 2 aliphatic heterocycles. The summed E-state index contributed by atoms with van der Waals surface area (Å²) in [6.07, 6.45) is 6.11. The van der Waals surface area contributed by atoms with Gasteiger partial charge in [-0.1, -0.05) is 62.4 Å². The number of hydrogen-bond donors (Lipinski definition) is 2. The highest BCUT2D eigenvalue weighted by Crippen LogP contribution is 2.42. The van der Waals surface area contributed by atoms with Crippen LogP contribution < -0.4 is 18.9 Å². The smallest absolute Gasteiger partial charge is 0.119 e. The van der Waals surface area contributed by atoms with Gasteiger partial charge in [-0.15, -0.1) is 0 Å². The predicted molar refractivity (Wildman–Crippen MR) is 239 cm³/mol. The Balaban J connectivity index is 0.00000231. The Morgan fingerprint density at radius 1 is 0.414 bits per heavy atom. The Morgan fingerprint density at radius 3 is 1.19 bits per heavy atom. The number of hydrogen-bond acceptors (Lipinski definition) is 6. The maximum absolute atomic E-state index is 5.70. The first-order valence-corrected chi connectivity index (χ1v) is 19.3. The molecule has 0 saturated heterocycles. The second kappa shape index (κ2) is 16.4. The molecule has 0 unspecified atom stereocenters. The van der Waals surface area contributed by atoms with Crippen LogP contribution in [0.3, 0.4) is 0 Å². The third-order valence-corrected chi connectivity index (χ3v) is 10.2. The molecule has 2 aliphatic rings. The normalized spacial score (nSPS) is 11.5. The molecule has 0 radical (unpaired) electrons. The number of methoxy groups -OCH3 is 4. The fourth-order valence-corrected chi connectivity index (χ4v) is 7.56. The second-order valence-corrected chi connectivity index (χ2v) is 13.5. The lowest BCUT2D eigenvalue weighted by Gasteiger charge is -2.09. The molecule has 9 rings (SSSR count). The summed E-state index contributed by atoms with van der Waals surface area (Å²) in [6, 6.07) is 43.0. The van der Waals surface area contributed by atoms with Gasteiger partial charge in [0, 0.05) is 56.1 Å². The molecule has 4 aromatic carbocycles. The number of nitrogens with zero attached hydrogens (tertiary/aromatic N) is 2. The summed E-state index contributed by atoms with van der Waals surface area (Å²) in [5.41, 5.74) is 14.6. The Kier molecular flexibility index (Phi) is 10.6. The van der Waals surface area contributed by atoms with Crippen molar-refractivity contribution >= 4 is 46.1 Å². The summed E-state index contributed by atoms with van der Waals surface area (Å²) in [4.78, 5) is 18.1. The minimum absolute atomic E-state index is 0.753. The number of H-pyrrole nitrogens is 2. The van der Waals surface area contributed by atoms with Gasteiger partial charge in [0.1, 0.15) is 23.0 Å². The molecule has 7 aromatic rings. The van der Waals surface area contributed by atoms with Crippen molar-refractivity contribution in [3.63, 3.8) is 0 Å². The average Bonchev–Trinajstić information content (AvgIpc) is 4.13. The Hall–Kier alpha value is -7.32. The molecule has 5 heterocycles. The van der Waals surface area contributed by atoms with Gasteiger partial charge in [-0.2, -0.15) is 0 Å². The number of nitrogens with one attached hydrogen (secondary N) is 2. The second-order valence-electron chi connectivity index (χ2n) is 13.5. The highest BCUT2D eigenvalue weighted by Gasteiger charge is 2.19. The summed E-state index contributed by atoms with van der Waals surface area (Å²) in [5.74, 6) is 3.02. The Morgan fingerprint density at radius 2 is 0.776 bits per heavy atom. The van der Waals surface area contributed by atoms with E-state index in [1.807, 2.05) is 86.8 Å². The first-order valence-electron chi connectivity index (χ1n) is 19.3. The summed E-state index contributed by atoms with van der Waals surface area (Å²) >= 11 is 0. The number of aromatic amines is 2. The van der Waals surface area contributed by atoms with E-state index >= 15 is 0 Å². The lowest BCUT2D eigenvalue weighted by atomic mass is 10.00. The zero-order chi connectivity index (χ0) is 40.2. The zero-order valence-electron chi connectivity index (χ0n) is 33.4. The molecular formula is C50H44N4O4. The maximum Gasteiger partial charge on any atom is 0.119 e. The van der Waals surface area contributed by atoms with Gasteiger partial charge in [0.2, 0.25) is 0 Å². The topological polar surface area (TPSA) is 93.8 Å². The molecule has 288 valence electrons. The van der Waals surface area contributed by atoms with Crippen LogP contribution >= 0.6 is 0 Å². The fourth-order valence-electron chi connectivity index (χ4n) is 7.56. The molecule has 8 nitrogen and oxygen atoms in total. The Bertz CT molecular complexity index is 2500. The first kappa shape index (κ1) is 37.6. The standard InChI is InChI=1S/C48H38N4O4.C2H6/c1-53-34-13-5-9-29(23-34)45-33-27-44(49-28-33)48(32-12-8-16-37(26-32)56-4)43-22-21-42(52-43)47(31-11-7-15-36(25-31)55-3)41-20-19-40(51-41)46(39-18-17-38(45)50-39)30-10-6-14-35(24-30)54-2;1-2/h5-28,50,52H,1-4H3;1-2H3. The van der Waals surface area contributed by atoms with Crippen LogP contribution in [0.4, 0.5) is 5.69 Å². The molecular weight excluding hydrogens is 721 g/mol. The van der Waals surface area contributed by atoms with E-state index < -0.39 is 0 Å². The van der Waals surface area contributed by atoms with Crippen LogP contribution in [-0.4, -0.2) is 49.6 Å². The molecule has 0 fully saturated rings. The van der Waals surface area contributed by atoms with Crippen molar-refractivity contribution in [1.82, 2.24) is 15.0 Å². The third-order valence-electron chi connectivity index (χ3n) is 10.2. The SMILES string of the molecule is CC.COc1cccc(-c2c3cc(c(-c4cccc(OC)c4)c4ccc([nH]4)c(-c4cccc(OC)c4)c4nc(c(-c5cccc(OC)c5)c5ccc2[nH]5)C=C4)N=C3)c1. The van der Waals surface area contributed by atoms with Crippen LogP contribution in [-0.2, 0) is 0 Å². The molecule has 8 heteroatoms. The maximum atomic E-state index is 5.70. The summed E-state index contributed by atoms with van der Waals surface area (Å²) in [6.45, 7) is 4.00. The van der Waals surface area contributed by atoms with Crippen LogP contribution in [0.1, 0.15) is 30.8 Å². The van der Waals surface area contributed by atoms with E-state index in [4.69, 9.17) is 28.9 Å². The number of aliphatic imine (C=N–C) groups is 1. The van der Waals surface area contributed by atoms with Crippen LogP contribution in [0.2, 0.25) is 0 Å². The van der Waals surface area contributed by atoms with Crippen molar-refractivity contribution in [2.24, 2.45) is 4.99 Å². The predicted octanol–water partition coefficient (Wildman–Crippen LogP) is 12.6. The summed E-state index contributed by atoms with van der Waals surface area (Å²) in [7, 11) is 6.73.